The highest BCUT2D eigenvalue weighted by Crippen LogP contribution is 2.20. The Morgan fingerprint density at radius 1 is 1.10 bits per heavy atom. The molecule has 1 amide bonds. The van der Waals surface area contributed by atoms with Gasteiger partial charge in [-0.05, 0) is 12.1 Å². The molecule has 1 aromatic heterocycles. The normalized spacial score (nSPS) is 10.2. The molecule has 0 aliphatic carbocycles. The summed E-state index contributed by atoms with van der Waals surface area (Å²) in [6.45, 7) is 0. The van der Waals surface area contributed by atoms with E-state index in [-0.39, 0.29) is 5.69 Å². The van der Waals surface area contributed by atoms with Crippen LogP contribution in [0.25, 0.3) is 0 Å². The third-order valence-corrected chi connectivity index (χ3v) is 2.40. The Kier molecular flexibility index (Phi) is 3.83. The molecule has 2 rings (SSSR count). The van der Waals surface area contributed by atoms with Gasteiger partial charge < -0.3 is 10.6 Å². The van der Waals surface area contributed by atoms with Crippen LogP contribution in [0.2, 0.25) is 0 Å². The molecule has 20 heavy (non-hydrogen) atoms. The van der Waals surface area contributed by atoms with Crippen LogP contribution in [0, 0.1) is 17.5 Å². The predicted octanol–water partition coefficient (Wildman–Crippen LogP) is 2.19. The van der Waals surface area contributed by atoms with Crippen LogP contribution in [-0.2, 0) is 0 Å². The average molecular weight is 282 g/mol. The Balaban J connectivity index is 2.23. The summed E-state index contributed by atoms with van der Waals surface area (Å²) in [5, 5.41) is 11.9. The highest BCUT2D eigenvalue weighted by Gasteiger charge is 2.16. The third kappa shape index (κ3) is 2.85. The van der Waals surface area contributed by atoms with Crippen molar-refractivity contribution in [1.82, 2.24) is 10.2 Å². The predicted molar refractivity (Wildman–Crippen MR) is 65.8 cm³/mol. The van der Waals surface area contributed by atoms with E-state index >= 15 is 0 Å². The van der Waals surface area contributed by atoms with Gasteiger partial charge in [-0.3, -0.25) is 4.79 Å². The van der Waals surface area contributed by atoms with E-state index in [1.54, 1.807) is 7.05 Å². The maximum Gasteiger partial charge on any atom is 0.276 e. The number of amides is 1. The highest BCUT2D eigenvalue weighted by atomic mass is 19.1. The number of hydrogen-bond acceptors (Lipinski definition) is 4. The largest absolute Gasteiger partial charge is 0.372 e. The molecule has 0 spiro atoms. The molecule has 1 heterocycles. The summed E-state index contributed by atoms with van der Waals surface area (Å²) in [6, 6.07) is 3.73. The summed E-state index contributed by atoms with van der Waals surface area (Å²) >= 11 is 0. The number of rotatable bonds is 3. The van der Waals surface area contributed by atoms with Crippen molar-refractivity contribution in [2.75, 3.05) is 17.7 Å². The number of halogens is 3. The minimum Gasteiger partial charge on any atom is -0.372 e. The molecule has 2 N–H and O–H groups in total. The van der Waals surface area contributed by atoms with Crippen molar-refractivity contribution >= 4 is 17.4 Å². The van der Waals surface area contributed by atoms with E-state index in [0.717, 1.165) is 0 Å². The van der Waals surface area contributed by atoms with Crippen LogP contribution in [0.5, 0.6) is 0 Å². The Hall–Kier alpha value is -2.64. The smallest absolute Gasteiger partial charge is 0.276 e. The van der Waals surface area contributed by atoms with Crippen molar-refractivity contribution < 1.29 is 18.0 Å². The lowest BCUT2D eigenvalue weighted by Crippen LogP contribution is -2.16. The molecule has 0 fully saturated rings. The van der Waals surface area contributed by atoms with Crippen molar-refractivity contribution in [3.8, 4) is 0 Å². The van der Waals surface area contributed by atoms with Crippen molar-refractivity contribution in [2.45, 2.75) is 0 Å². The average Bonchev–Trinajstić information content (AvgIpc) is 2.42. The van der Waals surface area contributed by atoms with Crippen LogP contribution in [0.3, 0.4) is 0 Å². The number of aromatic nitrogens is 2. The van der Waals surface area contributed by atoms with E-state index in [2.05, 4.69) is 15.5 Å². The molecule has 8 heteroatoms. The first kappa shape index (κ1) is 13.8. The van der Waals surface area contributed by atoms with Gasteiger partial charge in [0.05, 0.1) is 0 Å². The van der Waals surface area contributed by atoms with E-state index in [1.165, 1.54) is 12.1 Å². The molecule has 0 aliphatic heterocycles. The monoisotopic (exact) mass is 282 g/mol. The third-order valence-electron chi connectivity index (χ3n) is 2.40. The summed E-state index contributed by atoms with van der Waals surface area (Å²) in [5.41, 5.74) is -0.872. The van der Waals surface area contributed by atoms with Crippen LogP contribution < -0.4 is 10.6 Å². The second kappa shape index (κ2) is 5.55. The fourth-order valence-electron chi connectivity index (χ4n) is 1.43. The van der Waals surface area contributed by atoms with Crippen LogP contribution in [-0.4, -0.2) is 23.2 Å². The lowest BCUT2D eigenvalue weighted by molar-refractivity contribution is 0.102. The van der Waals surface area contributed by atoms with E-state index in [9.17, 15) is 18.0 Å². The van der Waals surface area contributed by atoms with Crippen molar-refractivity contribution in [2.24, 2.45) is 0 Å². The van der Waals surface area contributed by atoms with E-state index < -0.39 is 29.0 Å². The van der Waals surface area contributed by atoms with Gasteiger partial charge in [0.2, 0.25) is 0 Å². The van der Waals surface area contributed by atoms with Gasteiger partial charge in [-0.2, -0.15) is 0 Å². The zero-order chi connectivity index (χ0) is 14.7. The number of nitrogens with one attached hydrogen (secondary N) is 2. The number of benzene rings is 1. The first-order valence-corrected chi connectivity index (χ1v) is 5.48. The highest BCUT2D eigenvalue weighted by molar-refractivity contribution is 6.02. The van der Waals surface area contributed by atoms with Gasteiger partial charge >= 0.3 is 0 Å². The van der Waals surface area contributed by atoms with E-state index in [4.69, 9.17) is 0 Å². The number of anilines is 2. The topological polar surface area (TPSA) is 66.9 Å². The molecule has 0 saturated heterocycles. The fourth-order valence-corrected chi connectivity index (χ4v) is 1.43. The summed E-state index contributed by atoms with van der Waals surface area (Å²) in [4.78, 5) is 11.7. The Labute approximate surface area is 111 Å². The lowest BCUT2D eigenvalue weighted by atomic mass is 10.2. The quantitative estimate of drug-likeness (QED) is 0.905. The lowest BCUT2D eigenvalue weighted by Gasteiger charge is -2.07. The molecule has 0 radical (unpaired) electrons. The summed E-state index contributed by atoms with van der Waals surface area (Å²) in [7, 11) is 1.62. The van der Waals surface area contributed by atoms with E-state index in [0.29, 0.717) is 18.0 Å². The first-order valence-electron chi connectivity index (χ1n) is 5.48. The molecule has 0 aliphatic rings. The number of nitrogens with zero attached hydrogens (tertiary/aromatic N) is 2. The molecule has 0 saturated carbocycles. The maximum absolute atomic E-state index is 13.4. The Morgan fingerprint density at radius 2 is 1.75 bits per heavy atom. The van der Waals surface area contributed by atoms with Gasteiger partial charge in [-0.15, -0.1) is 10.2 Å². The first-order chi connectivity index (χ1) is 9.51. The maximum atomic E-state index is 13.4. The van der Waals surface area contributed by atoms with Gasteiger partial charge in [0.15, 0.2) is 17.3 Å². The molecule has 0 atom stereocenters. The molecule has 0 unspecified atom stereocenters. The molecule has 2 aromatic rings. The molecule has 0 bridgehead atoms. The van der Waals surface area contributed by atoms with Crippen LogP contribution in [0.4, 0.5) is 24.7 Å². The second-order valence-corrected chi connectivity index (χ2v) is 3.75. The van der Waals surface area contributed by atoms with Crippen molar-refractivity contribution in [1.29, 1.82) is 0 Å². The summed E-state index contributed by atoms with van der Waals surface area (Å²) in [6.07, 6.45) is 0. The van der Waals surface area contributed by atoms with Gasteiger partial charge in [0.25, 0.3) is 5.91 Å². The Bertz CT molecular complexity index is 623. The molecular formula is C12H9F3N4O. The van der Waals surface area contributed by atoms with Crippen LogP contribution in [0.1, 0.15) is 10.5 Å². The van der Waals surface area contributed by atoms with Crippen LogP contribution >= 0.6 is 0 Å². The number of hydrogen-bond donors (Lipinski definition) is 2. The molecule has 104 valence electrons. The Morgan fingerprint density at radius 3 is 2.25 bits per heavy atom. The zero-order valence-electron chi connectivity index (χ0n) is 10.2. The molecule has 1 aromatic carbocycles. The summed E-state index contributed by atoms with van der Waals surface area (Å²) < 4.78 is 39.5. The van der Waals surface area contributed by atoms with Crippen molar-refractivity contribution in [3.63, 3.8) is 0 Å². The molecule has 5 nitrogen and oxygen atoms in total. The second-order valence-electron chi connectivity index (χ2n) is 3.75. The minimum absolute atomic E-state index is 0.132. The standard InChI is InChI=1S/C12H9F3N4O/c1-16-10-3-2-9(18-19-10)12(20)17-11-7(14)4-6(13)5-8(11)15/h2-5H,1H3,(H,16,19)(H,17,20). The SMILES string of the molecule is CNc1ccc(C(=O)Nc2c(F)cc(F)cc2F)nn1. The fraction of sp³-hybridized carbons (Fsp3) is 0.0833. The number of carbonyl (C=O) groups excluding carboxylic acids is 1. The number of carbonyl (C=O) groups is 1. The van der Waals surface area contributed by atoms with Gasteiger partial charge in [0, 0.05) is 19.2 Å². The van der Waals surface area contributed by atoms with Crippen LogP contribution in [0.15, 0.2) is 24.3 Å². The summed E-state index contributed by atoms with van der Waals surface area (Å²) in [5.74, 6) is -3.92. The molecular weight excluding hydrogens is 273 g/mol. The van der Waals surface area contributed by atoms with Gasteiger partial charge in [-0.25, -0.2) is 13.2 Å². The van der Waals surface area contributed by atoms with Gasteiger partial charge in [-0.1, -0.05) is 0 Å². The zero-order valence-corrected chi connectivity index (χ0v) is 10.2. The van der Waals surface area contributed by atoms with Gasteiger partial charge in [0.1, 0.15) is 17.3 Å². The van der Waals surface area contributed by atoms with Crippen molar-refractivity contribution in [3.05, 3.63) is 47.4 Å². The minimum atomic E-state index is -1.21. The van der Waals surface area contributed by atoms with E-state index in [1.807, 2.05) is 5.32 Å².